The third kappa shape index (κ3) is 8.40. The standard InChI is InChI=1S/C44H46N2O2P2/c1-3-20-33(4-2)49(34-21-8-5-9-22-34)41-31-18-14-27-37(41)43(47)45-39-29-16-17-30-40(39)46-44(48)38-28-15-19-32-42(38)50(35-23-10-6-11-24-35)36-25-12-7-13-26-36/h3-15,18-28,31-32,39-40,44,46,48H,16-17,29-30H2,1-2H3,(H,45,47)/b20-3-,33-4+/t39-,40-,44?,49?/m1/s1. The summed E-state index contributed by atoms with van der Waals surface area (Å²) < 4.78 is 0. The van der Waals surface area contributed by atoms with Crippen LogP contribution in [-0.2, 0) is 0 Å². The Labute approximate surface area is 299 Å². The minimum Gasteiger partial charge on any atom is -0.374 e. The summed E-state index contributed by atoms with van der Waals surface area (Å²) in [5.41, 5.74) is 1.58. The molecule has 0 aliphatic heterocycles. The number of nitrogens with one attached hydrogen (secondary N) is 2. The highest BCUT2D eigenvalue weighted by atomic mass is 31.1. The van der Waals surface area contributed by atoms with E-state index in [1.54, 1.807) is 0 Å². The summed E-state index contributed by atoms with van der Waals surface area (Å²) in [6.07, 6.45) is 9.31. The quantitative estimate of drug-likeness (QED) is 0.0713. The second kappa shape index (κ2) is 17.7. The molecular weight excluding hydrogens is 650 g/mol. The number of benzene rings is 5. The second-order valence-electron chi connectivity index (χ2n) is 12.5. The molecule has 1 saturated carbocycles. The molecule has 4 atom stereocenters. The maximum Gasteiger partial charge on any atom is 0.252 e. The van der Waals surface area contributed by atoms with Crippen molar-refractivity contribution < 1.29 is 9.90 Å². The van der Waals surface area contributed by atoms with Crippen molar-refractivity contribution in [3.05, 3.63) is 174 Å². The van der Waals surface area contributed by atoms with Gasteiger partial charge >= 0.3 is 0 Å². The summed E-state index contributed by atoms with van der Waals surface area (Å²) in [7, 11) is -1.84. The van der Waals surface area contributed by atoms with Crippen LogP contribution in [0.1, 0.15) is 61.7 Å². The number of aliphatic hydroxyl groups excluding tert-OH is 1. The lowest BCUT2D eigenvalue weighted by atomic mass is 9.89. The molecule has 254 valence electrons. The van der Waals surface area contributed by atoms with Crippen molar-refractivity contribution >= 4 is 48.3 Å². The lowest BCUT2D eigenvalue weighted by Gasteiger charge is -2.35. The van der Waals surface area contributed by atoms with Crippen LogP contribution in [0.2, 0.25) is 0 Å². The maximum absolute atomic E-state index is 14.3. The number of aliphatic hydroxyl groups is 1. The fourth-order valence-corrected chi connectivity index (χ4v) is 11.9. The lowest BCUT2D eigenvalue weighted by molar-refractivity contribution is 0.0841. The Morgan fingerprint density at radius 2 is 1.20 bits per heavy atom. The molecule has 0 radical (unpaired) electrons. The topological polar surface area (TPSA) is 61.4 Å². The van der Waals surface area contributed by atoms with E-state index in [1.165, 1.54) is 21.2 Å². The molecular formula is C44H46N2O2P2. The molecule has 0 saturated heterocycles. The number of carbonyl (C=O) groups excluding carboxylic acids is 1. The number of rotatable bonds is 12. The van der Waals surface area contributed by atoms with E-state index in [0.717, 1.165) is 41.9 Å². The van der Waals surface area contributed by atoms with Gasteiger partial charge in [0.2, 0.25) is 0 Å². The van der Waals surface area contributed by atoms with Gasteiger partial charge in [-0.05, 0) is 80.4 Å². The summed E-state index contributed by atoms with van der Waals surface area (Å²) in [5.74, 6) is -0.0646. The minimum atomic E-state index is -0.941. The van der Waals surface area contributed by atoms with Crippen LogP contribution < -0.4 is 37.2 Å². The largest absolute Gasteiger partial charge is 0.374 e. The fraction of sp³-hybridized carbons (Fsp3) is 0.205. The molecule has 1 aliphatic carbocycles. The summed E-state index contributed by atoms with van der Waals surface area (Å²) in [5, 5.41) is 26.0. The summed E-state index contributed by atoms with van der Waals surface area (Å²) in [6, 6.07) is 47.8. The molecule has 6 heteroatoms. The molecule has 5 aromatic rings. The SMILES string of the molecule is C/C=C\C(=C/C)P(c1ccccc1)c1ccccc1C(=O)N[C@@H]1CCCC[C@H]1NC(O)c1ccccc1P(c1ccccc1)c1ccccc1. The van der Waals surface area contributed by atoms with Gasteiger partial charge in [-0.1, -0.05) is 165 Å². The molecule has 1 aliphatic rings. The van der Waals surface area contributed by atoms with Gasteiger partial charge in [-0.15, -0.1) is 0 Å². The predicted molar refractivity (Wildman–Crippen MR) is 214 cm³/mol. The first kappa shape index (κ1) is 35.6. The molecule has 0 bridgehead atoms. The van der Waals surface area contributed by atoms with Gasteiger partial charge < -0.3 is 10.4 Å². The number of carbonyl (C=O) groups is 1. The summed E-state index contributed by atoms with van der Waals surface area (Å²) in [4.78, 5) is 14.3. The van der Waals surface area contributed by atoms with E-state index < -0.39 is 22.1 Å². The molecule has 4 nitrogen and oxygen atoms in total. The van der Waals surface area contributed by atoms with E-state index in [-0.39, 0.29) is 18.0 Å². The van der Waals surface area contributed by atoms with E-state index in [4.69, 9.17) is 0 Å². The fourth-order valence-electron chi connectivity index (χ4n) is 6.88. The number of hydrogen-bond donors (Lipinski definition) is 3. The Morgan fingerprint density at radius 3 is 1.80 bits per heavy atom. The van der Waals surface area contributed by atoms with Gasteiger partial charge in [-0.3, -0.25) is 10.1 Å². The molecule has 1 amide bonds. The number of allylic oxidation sites excluding steroid dienone is 4. The van der Waals surface area contributed by atoms with Crippen LogP contribution in [0.25, 0.3) is 0 Å². The highest BCUT2D eigenvalue weighted by Gasteiger charge is 2.31. The van der Waals surface area contributed by atoms with Crippen molar-refractivity contribution in [3.8, 4) is 0 Å². The van der Waals surface area contributed by atoms with Crippen molar-refractivity contribution in [1.82, 2.24) is 10.6 Å². The highest BCUT2D eigenvalue weighted by molar-refractivity contribution is 7.80. The van der Waals surface area contributed by atoms with Crippen molar-refractivity contribution in [1.29, 1.82) is 0 Å². The second-order valence-corrected chi connectivity index (χ2v) is 16.9. The number of hydrogen-bond acceptors (Lipinski definition) is 3. The average Bonchev–Trinajstić information content (AvgIpc) is 3.17. The highest BCUT2D eigenvalue weighted by Crippen LogP contribution is 2.44. The Morgan fingerprint density at radius 1 is 0.680 bits per heavy atom. The maximum atomic E-state index is 14.3. The van der Waals surface area contributed by atoms with Crippen molar-refractivity contribution in [2.45, 2.75) is 57.8 Å². The number of amides is 1. The van der Waals surface area contributed by atoms with Gasteiger partial charge in [0.05, 0.1) is 0 Å². The molecule has 50 heavy (non-hydrogen) atoms. The van der Waals surface area contributed by atoms with Crippen LogP contribution in [0.4, 0.5) is 0 Å². The van der Waals surface area contributed by atoms with E-state index in [1.807, 2.05) is 55.5 Å². The van der Waals surface area contributed by atoms with Gasteiger partial charge in [0, 0.05) is 23.2 Å². The third-order valence-corrected chi connectivity index (χ3v) is 14.4. The Hall–Kier alpha value is -4.17. The smallest absolute Gasteiger partial charge is 0.252 e. The van der Waals surface area contributed by atoms with Gasteiger partial charge in [-0.25, -0.2) is 0 Å². The Kier molecular flexibility index (Phi) is 12.6. The predicted octanol–water partition coefficient (Wildman–Crippen LogP) is 7.68. The minimum absolute atomic E-state index is 0.0646. The zero-order valence-corrected chi connectivity index (χ0v) is 30.6. The van der Waals surface area contributed by atoms with Gasteiger partial charge in [-0.2, -0.15) is 0 Å². The van der Waals surface area contributed by atoms with Gasteiger partial charge in [0.1, 0.15) is 6.23 Å². The van der Waals surface area contributed by atoms with Crippen molar-refractivity contribution in [2.75, 3.05) is 0 Å². The zero-order chi connectivity index (χ0) is 34.7. The van der Waals surface area contributed by atoms with E-state index in [0.29, 0.717) is 5.56 Å². The van der Waals surface area contributed by atoms with E-state index in [2.05, 4.69) is 127 Å². The Balaban J connectivity index is 1.27. The van der Waals surface area contributed by atoms with Crippen LogP contribution in [0.3, 0.4) is 0 Å². The molecule has 2 unspecified atom stereocenters. The van der Waals surface area contributed by atoms with Crippen molar-refractivity contribution in [3.63, 3.8) is 0 Å². The molecule has 6 rings (SSSR count). The van der Waals surface area contributed by atoms with E-state index in [9.17, 15) is 9.90 Å². The third-order valence-electron chi connectivity index (χ3n) is 9.25. The molecule has 5 aromatic carbocycles. The van der Waals surface area contributed by atoms with Gasteiger partial charge in [0.25, 0.3) is 5.91 Å². The van der Waals surface area contributed by atoms with Crippen LogP contribution >= 0.6 is 15.8 Å². The lowest BCUT2D eigenvalue weighted by Crippen LogP contribution is -2.53. The van der Waals surface area contributed by atoms with Crippen LogP contribution in [0, 0.1) is 0 Å². The monoisotopic (exact) mass is 696 g/mol. The van der Waals surface area contributed by atoms with Crippen LogP contribution in [0.5, 0.6) is 0 Å². The average molecular weight is 697 g/mol. The molecule has 1 fully saturated rings. The first-order valence-electron chi connectivity index (χ1n) is 17.6. The Bertz CT molecular complexity index is 1860. The molecule has 0 spiro atoms. The first-order valence-corrected chi connectivity index (χ1v) is 20.2. The molecule has 0 heterocycles. The summed E-state index contributed by atoms with van der Waals surface area (Å²) in [6.45, 7) is 4.11. The van der Waals surface area contributed by atoms with Crippen LogP contribution in [0.15, 0.2) is 163 Å². The first-order chi connectivity index (χ1) is 24.6. The van der Waals surface area contributed by atoms with Crippen LogP contribution in [-0.4, -0.2) is 23.1 Å². The molecule has 0 aromatic heterocycles. The van der Waals surface area contributed by atoms with Crippen molar-refractivity contribution in [2.24, 2.45) is 0 Å². The normalized spacial score (nSPS) is 17.8. The molecule has 3 N–H and O–H groups in total. The summed E-state index contributed by atoms with van der Waals surface area (Å²) >= 11 is 0. The zero-order valence-electron chi connectivity index (χ0n) is 28.8. The van der Waals surface area contributed by atoms with E-state index >= 15 is 0 Å². The van der Waals surface area contributed by atoms with Gasteiger partial charge in [0.15, 0.2) is 0 Å².